The summed E-state index contributed by atoms with van der Waals surface area (Å²) in [7, 11) is 1.53. The van der Waals surface area contributed by atoms with Gasteiger partial charge in [-0.25, -0.2) is 18.7 Å². The number of para-hydroxylation sites is 2. The van der Waals surface area contributed by atoms with Crippen LogP contribution in [0.1, 0.15) is 37.9 Å². The van der Waals surface area contributed by atoms with Crippen molar-refractivity contribution >= 4 is 28.6 Å². The van der Waals surface area contributed by atoms with E-state index in [-0.39, 0.29) is 29.6 Å². The molecule has 42 heavy (non-hydrogen) atoms. The van der Waals surface area contributed by atoms with Crippen molar-refractivity contribution in [3.05, 3.63) is 54.5 Å². The highest BCUT2D eigenvalue weighted by Crippen LogP contribution is 2.32. The minimum Gasteiger partial charge on any atom is -0.481 e. The number of morpholine rings is 1. The molecule has 4 heterocycles. The predicted molar refractivity (Wildman–Crippen MR) is 150 cm³/mol. The Bertz CT molecular complexity index is 1540. The lowest BCUT2D eigenvalue weighted by atomic mass is 9.86. The van der Waals surface area contributed by atoms with Crippen LogP contribution in [0.25, 0.3) is 16.9 Å². The van der Waals surface area contributed by atoms with Crippen LogP contribution in [0.4, 0.5) is 20.4 Å². The molecule has 220 valence electrons. The van der Waals surface area contributed by atoms with Crippen molar-refractivity contribution < 1.29 is 27.8 Å². The first-order chi connectivity index (χ1) is 20.5. The number of nitrogens with one attached hydrogen (secondary N) is 1. The lowest BCUT2D eigenvalue weighted by molar-refractivity contribution is -0.121. The average molecular weight is 580 g/mol. The number of methoxy groups -OCH3 is 1. The van der Waals surface area contributed by atoms with Crippen LogP contribution in [0.2, 0.25) is 0 Å². The number of alkyl halides is 2. The van der Waals surface area contributed by atoms with Gasteiger partial charge in [0.25, 0.3) is 6.43 Å². The normalized spacial score (nSPS) is 19.2. The Hall–Kier alpha value is -4.39. The van der Waals surface area contributed by atoms with E-state index in [1.807, 2.05) is 4.90 Å². The van der Waals surface area contributed by atoms with Crippen molar-refractivity contribution in [3.63, 3.8) is 0 Å². The lowest BCUT2D eigenvalue weighted by Crippen LogP contribution is -2.37. The SMILES string of the molecule is COc1ccc(NC(=O)[C@H]2CC[C@H](Oc3cc(-n4c(C(F)F)nc5ccccc54)nc(N4CCOCC4)n3)CC2)cn1. The van der Waals surface area contributed by atoms with Gasteiger partial charge in [-0.2, -0.15) is 9.97 Å². The van der Waals surface area contributed by atoms with Gasteiger partial charge in [-0.05, 0) is 43.9 Å². The highest BCUT2D eigenvalue weighted by atomic mass is 19.3. The van der Waals surface area contributed by atoms with E-state index in [1.165, 1.54) is 11.7 Å². The molecule has 1 aromatic carbocycles. The van der Waals surface area contributed by atoms with Crippen LogP contribution in [-0.2, 0) is 9.53 Å². The maximum absolute atomic E-state index is 14.1. The number of halogens is 2. The molecule has 1 amide bonds. The Labute approximate surface area is 240 Å². The highest BCUT2D eigenvalue weighted by molar-refractivity contribution is 5.92. The Morgan fingerprint density at radius 2 is 1.81 bits per heavy atom. The van der Waals surface area contributed by atoms with Crippen LogP contribution in [-0.4, -0.2) is 69.9 Å². The van der Waals surface area contributed by atoms with Crippen LogP contribution < -0.4 is 19.7 Å². The molecule has 1 aliphatic heterocycles. The van der Waals surface area contributed by atoms with E-state index in [4.69, 9.17) is 14.2 Å². The zero-order chi connectivity index (χ0) is 29.1. The van der Waals surface area contributed by atoms with Crippen molar-refractivity contribution in [3.8, 4) is 17.6 Å². The Morgan fingerprint density at radius 1 is 1.02 bits per heavy atom. The molecule has 0 unspecified atom stereocenters. The fourth-order valence-electron chi connectivity index (χ4n) is 5.35. The van der Waals surface area contributed by atoms with Gasteiger partial charge in [-0.3, -0.25) is 9.36 Å². The highest BCUT2D eigenvalue weighted by Gasteiger charge is 2.29. The molecule has 1 N–H and O–H groups in total. The van der Waals surface area contributed by atoms with Crippen LogP contribution in [0, 0.1) is 5.92 Å². The molecule has 1 saturated heterocycles. The first-order valence-corrected chi connectivity index (χ1v) is 13.9. The molecule has 2 fully saturated rings. The average Bonchev–Trinajstić information content (AvgIpc) is 3.42. The second-order valence-electron chi connectivity index (χ2n) is 10.2. The minimum absolute atomic E-state index is 0.0640. The summed E-state index contributed by atoms with van der Waals surface area (Å²) in [5.41, 5.74) is 1.58. The van der Waals surface area contributed by atoms with Gasteiger partial charge in [-0.1, -0.05) is 12.1 Å². The molecular weight excluding hydrogens is 548 g/mol. The smallest absolute Gasteiger partial charge is 0.296 e. The topological polar surface area (TPSA) is 117 Å². The van der Waals surface area contributed by atoms with Crippen LogP contribution >= 0.6 is 0 Å². The van der Waals surface area contributed by atoms with Gasteiger partial charge in [-0.15, -0.1) is 0 Å². The van der Waals surface area contributed by atoms with Crippen molar-refractivity contribution in [2.24, 2.45) is 5.92 Å². The maximum atomic E-state index is 14.1. The van der Waals surface area contributed by atoms with E-state index in [9.17, 15) is 13.6 Å². The van der Waals surface area contributed by atoms with Gasteiger partial charge < -0.3 is 24.4 Å². The summed E-state index contributed by atoms with van der Waals surface area (Å²) in [4.78, 5) is 32.4. The Kier molecular flexibility index (Phi) is 8.08. The predicted octanol–water partition coefficient (Wildman–Crippen LogP) is 4.57. The third-order valence-electron chi connectivity index (χ3n) is 7.53. The fraction of sp³-hybridized carbons (Fsp3) is 0.414. The van der Waals surface area contributed by atoms with Gasteiger partial charge in [0.15, 0.2) is 5.82 Å². The zero-order valence-electron chi connectivity index (χ0n) is 23.1. The third kappa shape index (κ3) is 5.96. The standard InChI is InChI=1S/C29H31F2N7O4/c1-40-24-11-8-19(17-32-24)33-28(39)18-6-9-20(10-7-18)42-25-16-23(35-29(36-25)37-12-14-41-15-13-37)38-22-5-3-2-4-21(22)34-27(38)26(30)31/h2-5,8,11,16-18,20,26H,6-7,9-10,12-15H2,1H3,(H,33,39)/t18-,20-. The number of hydrogen-bond donors (Lipinski definition) is 1. The van der Waals surface area contributed by atoms with Crippen molar-refractivity contribution in [2.75, 3.05) is 43.6 Å². The molecule has 4 aromatic rings. The molecule has 1 aliphatic carbocycles. The summed E-state index contributed by atoms with van der Waals surface area (Å²) in [5.74, 6) is 0.774. The number of rotatable bonds is 8. The zero-order valence-corrected chi connectivity index (χ0v) is 23.1. The van der Waals surface area contributed by atoms with E-state index < -0.39 is 12.2 Å². The number of hydrogen-bond acceptors (Lipinski definition) is 9. The summed E-state index contributed by atoms with van der Waals surface area (Å²) in [6, 6.07) is 12.0. The summed E-state index contributed by atoms with van der Waals surface area (Å²) < 4.78 is 46.5. The van der Waals surface area contributed by atoms with Crippen LogP contribution in [0.3, 0.4) is 0 Å². The van der Waals surface area contributed by atoms with E-state index in [0.29, 0.717) is 80.5 Å². The first kappa shape index (κ1) is 27.8. The van der Waals surface area contributed by atoms with Gasteiger partial charge in [0, 0.05) is 31.1 Å². The summed E-state index contributed by atoms with van der Waals surface area (Å²) in [5, 5.41) is 2.92. The van der Waals surface area contributed by atoms with Crippen molar-refractivity contribution in [2.45, 2.75) is 38.2 Å². The summed E-state index contributed by atoms with van der Waals surface area (Å²) in [6.45, 7) is 2.16. The third-order valence-corrected chi connectivity index (χ3v) is 7.53. The van der Waals surface area contributed by atoms with Gasteiger partial charge >= 0.3 is 0 Å². The lowest BCUT2D eigenvalue weighted by Gasteiger charge is -2.29. The van der Waals surface area contributed by atoms with Crippen molar-refractivity contribution in [1.82, 2.24) is 24.5 Å². The second-order valence-corrected chi connectivity index (χ2v) is 10.2. The molecule has 0 bridgehead atoms. The number of imidazole rings is 1. The number of anilines is 2. The van der Waals surface area contributed by atoms with Gasteiger partial charge in [0.2, 0.25) is 23.6 Å². The van der Waals surface area contributed by atoms with Crippen LogP contribution in [0.15, 0.2) is 48.7 Å². The molecule has 0 atom stereocenters. The number of fused-ring (bicyclic) bond motifs is 1. The molecule has 3 aromatic heterocycles. The second kappa shape index (κ2) is 12.2. The fourth-order valence-corrected chi connectivity index (χ4v) is 5.35. The first-order valence-electron chi connectivity index (χ1n) is 13.9. The molecule has 13 heteroatoms. The quantitative estimate of drug-likeness (QED) is 0.320. The van der Waals surface area contributed by atoms with Gasteiger partial charge in [0.05, 0.1) is 43.2 Å². The largest absolute Gasteiger partial charge is 0.481 e. The van der Waals surface area contributed by atoms with E-state index in [1.54, 1.807) is 48.7 Å². The number of carbonyl (C=O) groups is 1. The van der Waals surface area contributed by atoms with E-state index in [2.05, 4.69) is 25.3 Å². The monoisotopic (exact) mass is 579 g/mol. The molecule has 2 aliphatic rings. The molecule has 6 rings (SSSR count). The van der Waals surface area contributed by atoms with Gasteiger partial charge in [0.1, 0.15) is 11.9 Å². The van der Waals surface area contributed by atoms with Crippen molar-refractivity contribution in [1.29, 1.82) is 0 Å². The molecule has 1 saturated carbocycles. The van der Waals surface area contributed by atoms with E-state index >= 15 is 0 Å². The molecule has 0 spiro atoms. The van der Waals surface area contributed by atoms with E-state index in [0.717, 1.165) is 0 Å². The summed E-state index contributed by atoms with van der Waals surface area (Å²) in [6.07, 6.45) is 1.12. The number of carbonyl (C=O) groups excluding carboxylic acids is 1. The molecule has 0 radical (unpaired) electrons. The number of ether oxygens (including phenoxy) is 3. The van der Waals surface area contributed by atoms with Crippen LogP contribution in [0.5, 0.6) is 11.8 Å². The molecule has 11 nitrogen and oxygen atoms in total. The number of benzene rings is 1. The number of nitrogens with zero attached hydrogens (tertiary/aromatic N) is 6. The number of aromatic nitrogens is 5. The number of pyridine rings is 1. The number of amides is 1. The Balaban J connectivity index is 1.21. The Morgan fingerprint density at radius 3 is 2.52 bits per heavy atom. The minimum atomic E-state index is -2.81. The summed E-state index contributed by atoms with van der Waals surface area (Å²) >= 11 is 0. The maximum Gasteiger partial charge on any atom is 0.296 e. The molecular formula is C29H31F2N7O4.